The summed E-state index contributed by atoms with van der Waals surface area (Å²) < 4.78 is 1.70. The molecule has 0 unspecified atom stereocenters. The van der Waals surface area contributed by atoms with Crippen LogP contribution in [-0.2, 0) is 0 Å². The van der Waals surface area contributed by atoms with E-state index in [0.717, 1.165) is 0 Å². The van der Waals surface area contributed by atoms with Gasteiger partial charge in [0.2, 0.25) is 0 Å². The van der Waals surface area contributed by atoms with Crippen LogP contribution in [0.3, 0.4) is 0 Å². The highest BCUT2D eigenvalue weighted by molar-refractivity contribution is 5.94. The number of nitrogens with zero attached hydrogens (tertiary/aromatic N) is 4. The molecule has 2 rings (SSSR count). The van der Waals surface area contributed by atoms with E-state index in [9.17, 15) is 4.79 Å². The van der Waals surface area contributed by atoms with E-state index in [-0.39, 0.29) is 12.5 Å². The predicted octanol–water partition coefficient (Wildman–Crippen LogP) is 0.521. The Hall–Kier alpha value is -2.68. The molecule has 0 aliphatic heterocycles. The van der Waals surface area contributed by atoms with Gasteiger partial charge >= 0.3 is 0 Å². The van der Waals surface area contributed by atoms with Gasteiger partial charge in [-0.05, 0) is 12.1 Å². The molecule has 2 heterocycles. The number of rotatable bonds is 3. The number of amides is 1. The van der Waals surface area contributed by atoms with Crippen LogP contribution in [0.5, 0.6) is 0 Å². The molecule has 1 amide bonds. The van der Waals surface area contributed by atoms with Crippen molar-refractivity contribution in [2.45, 2.75) is 0 Å². The smallest absolute Gasteiger partial charge is 0.252 e. The summed E-state index contributed by atoms with van der Waals surface area (Å²) in [6, 6.07) is 5.07. The SMILES string of the molecule is N#CCNC(=O)c1ccnc(-n2ccnc2)c1. The lowest BCUT2D eigenvalue weighted by Gasteiger charge is -2.04. The van der Waals surface area contributed by atoms with Crippen molar-refractivity contribution in [1.29, 1.82) is 5.26 Å². The number of pyridine rings is 1. The topological polar surface area (TPSA) is 83.6 Å². The highest BCUT2D eigenvalue weighted by Gasteiger charge is 2.06. The number of aromatic nitrogens is 3. The summed E-state index contributed by atoms with van der Waals surface area (Å²) in [4.78, 5) is 19.6. The monoisotopic (exact) mass is 227 g/mol. The number of carbonyl (C=O) groups excluding carboxylic acids is 1. The standard InChI is InChI=1S/C11H9N5O/c12-2-4-15-11(17)9-1-3-14-10(7-9)16-6-5-13-8-16/h1,3,5-8H,4H2,(H,15,17). The molecule has 2 aromatic heterocycles. The second-order valence-corrected chi connectivity index (χ2v) is 3.21. The van der Waals surface area contributed by atoms with Crippen molar-refractivity contribution in [2.75, 3.05) is 6.54 Å². The second-order valence-electron chi connectivity index (χ2n) is 3.21. The Bertz CT molecular complexity index is 555. The van der Waals surface area contributed by atoms with Crippen LogP contribution >= 0.6 is 0 Å². The summed E-state index contributed by atoms with van der Waals surface area (Å²) in [5.41, 5.74) is 0.457. The van der Waals surface area contributed by atoms with Crippen LogP contribution in [0.4, 0.5) is 0 Å². The molecule has 84 valence electrons. The molecule has 0 spiro atoms. The third kappa shape index (κ3) is 2.46. The molecule has 6 heteroatoms. The lowest BCUT2D eigenvalue weighted by molar-refractivity contribution is 0.0958. The van der Waals surface area contributed by atoms with Crippen molar-refractivity contribution in [2.24, 2.45) is 0 Å². The van der Waals surface area contributed by atoms with Crippen molar-refractivity contribution in [3.8, 4) is 11.9 Å². The first-order chi connectivity index (χ1) is 8.31. The molecule has 0 aliphatic carbocycles. The van der Waals surface area contributed by atoms with E-state index in [1.54, 1.807) is 35.4 Å². The Labute approximate surface area is 97.5 Å². The number of imidazole rings is 1. The molecule has 0 saturated heterocycles. The van der Waals surface area contributed by atoms with E-state index in [1.165, 1.54) is 6.20 Å². The van der Waals surface area contributed by atoms with Crippen molar-refractivity contribution in [3.63, 3.8) is 0 Å². The van der Waals surface area contributed by atoms with Crippen LogP contribution in [-0.4, -0.2) is 27.0 Å². The zero-order valence-electron chi connectivity index (χ0n) is 8.87. The Morgan fingerprint density at radius 2 is 2.41 bits per heavy atom. The van der Waals surface area contributed by atoms with Gasteiger partial charge in [-0.1, -0.05) is 0 Å². The van der Waals surface area contributed by atoms with Crippen LogP contribution < -0.4 is 5.32 Å². The molecular weight excluding hydrogens is 218 g/mol. The minimum atomic E-state index is -0.296. The van der Waals surface area contributed by atoms with Gasteiger partial charge in [-0.2, -0.15) is 5.26 Å². The van der Waals surface area contributed by atoms with Gasteiger partial charge in [-0.25, -0.2) is 9.97 Å². The predicted molar refractivity (Wildman–Crippen MR) is 59.3 cm³/mol. The van der Waals surface area contributed by atoms with Crippen LogP contribution in [0.2, 0.25) is 0 Å². The highest BCUT2D eigenvalue weighted by atomic mass is 16.1. The summed E-state index contributed by atoms with van der Waals surface area (Å²) in [6.07, 6.45) is 6.50. The van der Waals surface area contributed by atoms with Gasteiger partial charge < -0.3 is 5.32 Å². The Morgan fingerprint density at radius 1 is 1.53 bits per heavy atom. The number of nitrogens with one attached hydrogen (secondary N) is 1. The largest absolute Gasteiger partial charge is 0.339 e. The molecule has 1 N–H and O–H groups in total. The lowest BCUT2D eigenvalue weighted by atomic mass is 10.2. The molecule has 0 aliphatic rings. The molecule has 17 heavy (non-hydrogen) atoms. The fraction of sp³-hybridized carbons (Fsp3) is 0.0909. The Morgan fingerprint density at radius 3 is 3.12 bits per heavy atom. The first-order valence-electron chi connectivity index (χ1n) is 4.91. The van der Waals surface area contributed by atoms with Gasteiger partial charge in [-0.3, -0.25) is 9.36 Å². The van der Waals surface area contributed by atoms with E-state index < -0.39 is 0 Å². The fourth-order valence-electron chi connectivity index (χ4n) is 1.32. The maximum atomic E-state index is 11.6. The third-order valence-corrected chi connectivity index (χ3v) is 2.10. The minimum Gasteiger partial charge on any atom is -0.339 e. The molecule has 0 bridgehead atoms. The van der Waals surface area contributed by atoms with Gasteiger partial charge in [-0.15, -0.1) is 0 Å². The zero-order valence-corrected chi connectivity index (χ0v) is 8.87. The molecule has 2 aromatic rings. The number of carbonyl (C=O) groups is 1. The van der Waals surface area contributed by atoms with Gasteiger partial charge in [0.1, 0.15) is 18.7 Å². The van der Waals surface area contributed by atoms with Crippen LogP contribution in [0, 0.1) is 11.3 Å². The molecule has 6 nitrogen and oxygen atoms in total. The van der Waals surface area contributed by atoms with Crippen LogP contribution in [0.25, 0.3) is 5.82 Å². The van der Waals surface area contributed by atoms with E-state index in [0.29, 0.717) is 11.4 Å². The van der Waals surface area contributed by atoms with Gasteiger partial charge in [0, 0.05) is 24.2 Å². The average Bonchev–Trinajstić information content (AvgIpc) is 2.90. The zero-order chi connectivity index (χ0) is 12.1. The summed E-state index contributed by atoms with van der Waals surface area (Å²) in [6.45, 7) is -0.0123. The highest BCUT2D eigenvalue weighted by Crippen LogP contribution is 2.06. The van der Waals surface area contributed by atoms with Gasteiger partial charge in [0.15, 0.2) is 0 Å². The fourth-order valence-corrected chi connectivity index (χ4v) is 1.32. The van der Waals surface area contributed by atoms with E-state index in [1.807, 2.05) is 6.07 Å². The van der Waals surface area contributed by atoms with E-state index in [4.69, 9.17) is 5.26 Å². The average molecular weight is 227 g/mol. The third-order valence-electron chi connectivity index (χ3n) is 2.10. The van der Waals surface area contributed by atoms with Crippen LogP contribution in [0.1, 0.15) is 10.4 Å². The van der Waals surface area contributed by atoms with Crippen molar-refractivity contribution in [1.82, 2.24) is 19.9 Å². The van der Waals surface area contributed by atoms with Gasteiger partial charge in [0.25, 0.3) is 5.91 Å². The Balaban J connectivity index is 2.23. The maximum absolute atomic E-state index is 11.6. The maximum Gasteiger partial charge on any atom is 0.252 e. The minimum absolute atomic E-state index is 0.0123. The first kappa shape index (κ1) is 10.8. The van der Waals surface area contributed by atoms with Crippen LogP contribution in [0.15, 0.2) is 37.1 Å². The molecule has 0 saturated carbocycles. The van der Waals surface area contributed by atoms with Crippen molar-refractivity contribution in [3.05, 3.63) is 42.6 Å². The first-order valence-corrected chi connectivity index (χ1v) is 4.91. The molecular formula is C11H9N5O. The summed E-state index contributed by atoms with van der Waals surface area (Å²) in [5, 5.41) is 10.8. The van der Waals surface area contributed by atoms with Crippen molar-refractivity contribution >= 4 is 5.91 Å². The molecule has 0 atom stereocenters. The molecule has 0 radical (unpaired) electrons. The lowest BCUT2D eigenvalue weighted by Crippen LogP contribution is -2.23. The summed E-state index contributed by atoms with van der Waals surface area (Å²) in [7, 11) is 0. The molecule has 0 aromatic carbocycles. The number of hydrogen-bond donors (Lipinski definition) is 1. The van der Waals surface area contributed by atoms with Crippen molar-refractivity contribution < 1.29 is 4.79 Å². The summed E-state index contributed by atoms with van der Waals surface area (Å²) >= 11 is 0. The number of nitriles is 1. The quantitative estimate of drug-likeness (QED) is 0.775. The van der Waals surface area contributed by atoms with Gasteiger partial charge in [0.05, 0.1) is 6.07 Å². The second kappa shape index (κ2) is 4.90. The Kier molecular flexibility index (Phi) is 3.12. The van der Waals surface area contributed by atoms with E-state index >= 15 is 0 Å². The number of hydrogen-bond acceptors (Lipinski definition) is 4. The summed E-state index contributed by atoms with van der Waals surface area (Å²) in [5.74, 6) is 0.308. The normalized spacial score (nSPS) is 9.59. The molecule has 0 fully saturated rings. The van der Waals surface area contributed by atoms with E-state index in [2.05, 4.69) is 15.3 Å².